The molecule has 1 heterocycles. The number of carbonyl (C=O) groups is 1. The molecule has 1 aromatic carbocycles. The fourth-order valence-corrected chi connectivity index (χ4v) is 3.75. The number of benzene rings is 1. The second-order valence-corrected chi connectivity index (χ2v) is 7.52. The van der Waals surface area contributed by atoms with E-state index >= 15 is 0 Å². The van der Waals surface area contributed by atoms with E-state index in [9.17, 15) is 13.2 Å². The van der Waals surface area contributed by atoms with Gasteiger partial charge < -0.3 is 14.8 Å². The fourth-order valence-electron chi connectivity index (χ4n) is 2.42. The van der Waals surface area contributed by atoms with E-state index in [1.54, 1.807) is 6.07 Å². The largest absolute Gasteiger partial charge is 0.495 e. The van der Waals surface area contributed by atoms with Crippen molar-refractivity contribution in [1.29, 1.82) is 0 Å². The standard InChI is InChI=1S/C15H20N2O5S/c1-21-14-5-4-12(23(19,20)17-11-2-3-11)8-13(14)16-15(18)10-6-7-22-9-10/h4-5,8,10-11,17H,2-3,6-7,9H2,1H3,(H,16,18). The molecule has 1 atom stereocenters. The van der Waals surface area contributed by atoms with Gasteiger partial charge in [-0.1, -0.05) is 0 Å². The van der Waals surface area contributed by atoms with Gasteiger partial charge in [0, 0.05) is 12.6 Å². The van der Waals surface area contributed by atoms with Crippen molar-refractivity contribution < 1.29 is 22.7 Å². The highest BCUT2D eigenvalue weighted by Gasteiger charge is 2.29. The number of carbonyl (C=O) groups excluding carboxylic acids is 1. The fraction of sp³-hybridized carbons (Fsp3) is 0.533. The molecule has 1 saturated carbocycles. The first kappa shape index (κ1) is 16.2. The molecule has 0 radical (unpaired) electrons. The zero-order valence-electron chi connectivity index (χ0n) is 12.9. The molecule has 23 heavy (non-hydrogen) atoms. The molecule has 1 aliphatic carbocycles. The highest BCUT2D eigenvalue weighted by Crippen LogP contribution is 2.30. The summed E-state index contributed by atoms with van der Waals surface area (Å²) in [5.74, 6) is 0.0118. The minimum atomic E-state index is -3.58. The van der Waals surface area contributed by atoms with Crippen molar-refractivity contribution in [2.45, 2.75) is 30.2 Å². The van der Waals surface area contributed by atoms with E-state index in [1.807, 2.05) is 0 Å². The Labute approximate surface area is 135 Å². The Morgan fingerprint density at radius 2 is 2.09 bits per heavy atom. The number of ether oxygens (including phenoxy) is 2. The molecule has 0 bridgehead atoms. The van der Waals surface area contributed by atoms with Gasteiger partial charge >= 0.3 is 0 Å². The zero-order valence-corrected chi connectivity index (χ0v) is 13.7. The van der Waals surface area contributed by atoms with Gasteiger partial charge in [0.05, 0.1) is 30.2 Å². The van der Waals surface area contributed by atoms with E-state index in [0.29, 0.717) is 31.1 Å². The van der Waals surface area contributed by atoms with Gasteiger partial charge in [0.15, 0.2) is 0 Å². The molecular formula is C15H20N2O5S. The van der Waals surface area contributed by atoms with Crippen molar-refractivity contribution in [2.75, 3.05) is 25.6 Å². The summed E-state index contributed by atoms with van der Waals surface area (Å²) in [6, 6.07) is 4.47. The van der Waals surface area contributed by atoms with Crippen LogP contribution in [-0.2, 0) is 19.6 Å². The molecule has 1 aliphatic heterocycles. The molecule has 1 saturated heterocycles. The molecule has 1 unspecified atom stereocenters. The summed E-state index contributed by atoms with van der Waals surface area (Å²) in [6.45, 7) is 0.949. The molecule has 3 rings (SSSR count). The van der Waals surface area contributed by atoms with Crippen LogP contribution in [0.4, 0.5) is 5.69 Å². The maximum Gasteiger partial charge on any atom is 0.240 e. The SMILES string of the molecule is COc1ccc(S(=O)(=O)NC2CC2)cc1NC(=O)C1CCOC1. The summed E-state index contributed by atoms with van der Waals surface area (Å²) in [5.41, 5.74) is 0.350. The Hall–Kier alpha value is -1.64. The second-order valence-electron chi connectivity index (χ2n) is 5.81. The zero-order chi connectivity index (χ0) is 16.4. The first-order chi connectivity index (χ1) is 11.0. The molecule has 2 fully saturated rings. The number of hydrogen-bond acceptors (Lipinski definition) is 5. The van der Waals surface area contributed by atoms with Crippen LogP contribution >= 0.6 is 0 Å². The third-order valence-corrected chi connectivity index (χ3v) is 5.46. The van der Waals surface area contributed by atoms with Crippen molar-refractivity contribution in [1.82, 2.24) is 4.72 Å². The third-order valence-electron chi connectivity index (χ3n) is 3.94. The van der Waals surface area contributed by atoms with E-state index in [-0.39, 0.29) is 22.8 Å². The average Bonchev–Trinajstić information content (AvgIpc) is 3.15. The average molecular weight is 340 g/mol. The van der Waals surface area contributed by atoms with Gasteiger partial charge in [-0.15, -0.1) is 0 Å². The number of nitrogens with one attached hydrogen (secondary N) is 2. The van der Waals surface area contributed by atoms with Crippen LogP contribution in [0, 0.1) is 5.92 Å². The predicted molar refractivity (Wildman–Crippen MR) is 83.9 cm³/mol. The van der Waals surface area contributed by atoms with Crippen LogP contribution in [0.25, 0.3) is 0 Å². The Bertz CT molecular complexity index is 694. The van der Waals surface area contributed by atoms with Gasteiger partial charge in [0.25, 0.3) is 0 Å². The summed E-state index contributed by atoms with van der Waals surface area (Å²) in [7, 11) is -2.11. The van der Waals surface area contributed by atoms with Crippen LogP contribution in [0.5, 0.6) is 5.75 Å². The number of hydrogen-bond donors (Lipinski definition) is 2. The Morgan fingerprint density at radius 3 is 2.70 bits per heavy atom. The van der Waals surface area contributed by atoms with Crippen LogP contribution in [0.15, 0.2) is 23.1 Å². The highest BCUT2D eigenvalue weighted by atomic mass is 32.2. The van der Waals surface area contributed by atoms with Crippen molar-refractivity contribution in [3.63, 3.8) is 0 Å². The lowest BCUT2D eigenvalue weighted by Gasteiger charge is -2.14. The number of amides is 1. The summed E-state index contributed by atoms with van der Waals surface area (Å²) in [4.78, 5) is 12.3. The molecule has 0 aromatic heterocycles. The van der Waals surface area contributed by atoms with Crippen molar-refractivity contribution in [3.8, 4) is 5.75 Å². The molecule has 8 heteroatoms. The molecule has 2 aliphatic rings. The summed E-state index contributed by atoms with van der Waals surface area (Å²) >= 11 is 0. The smallest absolute Gasteiger partial charge is 0.240 e. The number of rotatable bonds is 6. The van der Waals surface area contributed by atoms with Crippen molar-refractivity contribution in [3.05, 3.63) is 18.2 Å². The second kappa shape index (κ2) is 6.46. The van der Waals surface area contributed by atoms with Gasteiger partial charge in [-0.2, -0.15) is 0 Å². The molecule has 126 valence electrons. The summed E-state index contributed by atoms with van der Waals surface area (Å²) < 4.78 is 37.6. The van der Waals surface area contributed by atoms with Gasteiger partial charge in [-0.05, 0) is 37.5 Å². The quantitative estimate of drug-likeness (QED) is 0.809. The minimum Gasteiger partial charge on any atom is -0.495 e. The number of methoxy groups -OCH3 is 1. The topological polar surface area (TPSA) is 93.7 Å². The van der Waals surface area contributed by atoms with Crippen LogP contribution < -0.4 is 14.8 Å². The monoisotopic (exact) mass is 340 g/mol. The van der Waals surface area contributed by atoms with Crippen LogP contribution in [0.2, 0.25) is 0 Å². The normalized spacial score (nSPS) is 21.2. The molecule has 1 amide bonds. The van der Waals surface area contributed by atoms with Crippen LogP contribution in [0.1, 0.15) is 19.3 Å². The van der Waals surface area contributed by atoms with Crippen molar-refractivity contribution >= 4 is 21.6 Å². The lowest BCUT2D eigenvalue weighted by atomic mass is 10.1. The van der Waals surface area contributed by atoms with Crippen molar-refractivity contribution in [2.24, 2.45) is 5.92 Å². The molecular weight excluding hydrogens is 320 g/mol. The first-order valence-electron chi connectivity index (χ1n) is 7.58. The van der Waals surface area contributed by atoms with Crippen LogP contribution in [-0.4, -0.2) is 40.7 Å². The van der Waals surface area contributed by atoms with Gasteiger partial charge in [0.2, 0.25) is 15.9 Å². The van der Waals surface area contributed by atoms with E-state index in [2.05, 4.69) is 10.0 Å². The Balaban J connectivity index is 1.82. The third kappa shape index (κ3) is 3.82. The van der Waals surface area contributed by atoms with Gasteiger partial charge in [-0.3, -0.25) is 4.79 Å². The maximum atomic E-state index is 12.3. The molecule has 1 aromatic rings. The molecule has 2 N–H and O–H groups in total. The first-order valence-corrected chi connectivity index (χ1v) is 9.07. The summed E-state index contributed by atoms with van der Waals surface area (Å²) in [5, 5.41) is 2.75. The molecule has 7 nitrogen and oxygen atoms in total. The van der Waals surface area contributed by atoms with Gasteiger partial charge in [-0.25, -0.2) is 13.1 Å². The van der Waals surface area contributed by atoms with Crippen LogP contribution in [0.3, 0.4) is 0 Å². The number of anilines is 1. The van der Waals surface area contributed by atoms with E-state index < -0.39 is 10.0 Å². The Kier molecular flexibility index (Phi) is 4.56. The van der Waals surface area contributed by atoms with Gasteiger partial charge in [0.1, 0.15) is 5.75 Å². The minimum absolute atomic E-state index is 0.0239. The molecule has 0 spiro atoms. The number of sulfonamides is 1. The van der Waals surface area contributed by atoms with E-state index in [1.165, 1.54) is 19.2 Å². The predicted octanol–water partition coefficient (Wildman–Crippen LogP) is 1.11. The van der Waals surface area contributed by atoms with E-state index in [0.717, 1.165) is 12.8 Å². The Morgan fingerprint density at radius 1 is 1.30 bits per heavy atom. The highest BCUT2D eigenvalue weighted by molar-refractivity contribution is 7.89. The lowest BCUT2D eigenvalue weighted by Crippen LogP contribution is -2.26. The van der Waals surface area contributed by atoms with E-state index in [4.69, 9.17) is 9.47 Å². The maximum absolute atomic E-state index is 12.3. The summed E-state index contributed by atoms with van der Waals surface area (Å²) in [6.07, 6.45) is 2.39. The lowest BCUT2D eigenvalue weighted by molar-refractivity contribution is -0.119.